The molecule has 3 rings (SSSR count). The SMILES string of the molecule is O=C1CNCCN1Cc1ccn(C2CCCCC2)n1. The van der Waals surface area contributed by atoms with Crippen molar-refractivity contribution in [3.63, 3.8) is 0 Å². The molecule has 1 amide bonds. The van der Waals surface area contributed by atoms with Crippen LogP contribution in [-0.2, 0) is 11.3 Å². The quantitative estimate of drug-likeness (QED) is 0.894. The van der Waals surface area contributed by atoms with Crippen LogP contribution in [0.5, 0.6) is 0 Å². The largest absolute Gasteiger partial charge is 0.334 e. The summed E-state index contributed by atoms with van der Waals surface area (Å²) in [5.41, 5.74) is 1.01. The third kappa shape index (κ3) is 2.97. The number of carbonyl (C=O) groups is 1. The fourth-order valence-corrected chi connectivity index (χ4v) is 3.02. The predicted molar refractivity (Wildman–Crippen MR) is 72.6 cm³/mol. The van der Waals surface area contributed by atoms with Crippen LogP contribution < -0.4 is 5.32 Å². The number of carbonyl (C=O) groups excluding carboxylic acids is 1. The molecule has 5 nitrogen and oxygen atoms in total. The number of nitrogens with one attached hydrogen (secondary N) is 1. The molecule has 1 aliphatic carbocycles. The lowest BCUT2D eigenvalue weighted by atomic mass is 9.96. The normalized spacial score (nSPS) is 21.9. The van der Waals surface area contributed by atoms with E-state index in [4.69, 9.17) is 0 Å². The van der Waals surface area contributed by atoms with E-state index in [-0.39, 0.29) is 5.91 Å². The van der Waals surface area contributed by atoms with Gasteiger partial charge in [0.1, 0.15) is 0 Å². The number of hydrogen-bond acceptors (Lipinski definition) is 3. The number of nitrogens with zero attached hydrogens (tertiary/aromatic N) is 3. The molecule has 1 aromatic rings. The van der Waals surface area contributed by atoms with Gasteiger partial charge in [-0.25, -0.2) is 0 Å². The maximum absolute atomic E-state index is 11.7. The van der Waals surface area contributed by atoms with E-state index >= 15 is 0 Å². The Labute approximate surface area is 114 Å². The fraction of sp³-hybridized carbons (Fsp3) is 0.714. The summed E-state index contributed by atoms with van der Waals surface area (Å²) in [5, 5.41) is 7.76. The second-order valence-electron chi connectivity index (χ2n) is 5.57. The van der Waals surface area contributed by atoms with Crippen molar-refractivity contribution in [3.05, 3.63) is 18.0 Å². The fourth-order valence-electron chi connectivity index (χ4n) is 3.02. The van der Waals surface area contributed by atoms with E-state index < -0.39 is 0 Å². The molecule has 2 heterocycles. The summed E-state index contributed by atoms with van der Waals surface area (Å²) in [5.74, 6) is 0.179. The van der Waals surface area contributed by atoms with Crippen LogP contribution in [-0.4, -0.2) is 40.2 Å². The van der Waals surface area contributed by atoms with Crippen molar-refractivity contribution in [2.75, 3.05) is 19.6 Å². The predicted octanol–water partition coefficient (Wildman–Crippen LogP) is 1.32. The number of piperazine rings is 1. The highest BCUT2D eigenvalue weighted by Gasteiger charge is 2.20. The Morgan fingerprint density at radius 2 is 2.16 bits per heavy atom. The van der Waals surface area contributed by atoms with Gasteiger partial charge in [-0.1, -0.05) is 19.3 Å². The van der Waals surface area contributed by atoms with Crippen molar-refractivity contribution in [3.8, 4) is 0 Å². The molecular weight excluding hydrogens is 240 g/mol. The van der Waals surface area contributed by atoms with Crippen LogP contribution in [0.15, 0.2) is 12.3 Å². The molecule has 1 saturated carbocycles. The van der Waals surface area contributed by atoms with Crippen molar-refractivity contribution in [1.82, 2.24) is 20.0 Å². The van der Waals surface area contributed by atoms with E-state index in [1.165, 1.54) is 32.1 Å². The summed E-state index contributed by atoms with van der Waals surface area (Å²) < 4.78 is 2.11. The van der Waals surface area contributed by atoms with Crippen LogP contribution in [0.25, 0.3) is 0 Å². The van der Waals surface area contributed by atoms with E-state index in [1.807, 2.05) is 4.90 Å². The van der Waals surface area contributed by atoms with Gasteiger partial charge in [-0.3, -0.25) is 9.48 Å². The summed E-state index contributed by atoms with van der Waals surface area (Å²) in [6.45, 7) is 2.79. The molecular formula is C14H22N4O. The van der Waals surface area contributed by atoms with E-state index in [2.05, 4.69) is 27.4 Å². The maximum atomic E-state index is 11.7. The van der Waals surface area contributed by atoms with Gasteiger partial charge >= 0.3 is 0 Å². The highest BCUT2D eigenvalue weighted by molar-refractivity contribution is 5.78. The monoisotopic (exact) mass is 262 g/mol. The Morgan fingerprint density at radius 3 is 2.95 bits per heavy atom. The molecule has 2 fully saturated rings. The van der Waals surface area contributed by atoms with Crippen LogP contribution in [0.2, 0.25) is 0 Å². The first kappa shape index (κ1) is 12.7. The summed E-state index contributed by atoms with van der Waals surface area (Å²) in [7, 11) is 0. The van der Waals surface area contributed by atoms with Gasteiger partial charge in [-0.05, 0) is 18.9 Å². The minimum absolute atomic E-state index is 0.179. The minimum Gasteiger partial charge on any atom is -0.334 e. The molecule has 0 aromatic carbocycles. The second-order valence-corrected chi connectivity index (χ2v) is 5.57. The van der Waals surface area contributed by atoms with Crippen molar-refractivity contribution in [1.29, 1.82) is 0 Å². The molecule has 0 bridgehead atoms. The van der Waals surface area contributed by atoms with Crippen LogP contribution in [0.3, 0.4) is 0 Å². The second kappa shape index (κ2) is 5.74. The molecule has 1 aromatic heterocycles. The Bertz CT molecular complexity index is 436. The van der Waals surface area contributed by atoms with Crippen molar-refractivity contribution in [2.45, 2.75) is 44.7 Å². The van der Waals surface area contributed by atoms with Crippen molar-refractivity contribution < 1.29 is 4.79 Å². The van der Waals surface area contributed by atoms with Crippen LogP contribution in [0, 0.1) is 0 Å². The van der Waals surface area contributed by atoms with Crippen LogP contribution in [0.1, 0.15) is 43.8 Å². The summed E-state index contributed by atoms with van der Waals surface area (Å²) in [6.07, 6.45) is 8.56. The Balaban J connectivity index is 1.62. The number of amides is 1. The topological polar surface area (TPSA) is 50.2 Å². The van der Waals surface area contributed by atoms with Crippen LogP contribution in [0.4, 0.5) is 0 Å². The molecule has 1 N–H and O–H groups in total. The van der Waals surface area contributed by atoms with Gasteiger partial charge in [-0.2, -0.15) is 5.10 Å². The number of aromatic nitrogens is 2. The molecule has 0 spiro atoms. The van der Waals surface area contributed by atoms with Gasteiger partial charge in [0.25, 0.3) is 0 Å². The Kier molecular flexibility index (Phi) is 3.82. The summed E-state index contributed by atoms with van der Waals surface area (Å²) in [6, 6.07) is 2.63. The molecule has 19 heavy (non-hydrogen) atoms. The van der Waals surface area contributed by atoms with Gasteiger partial charge in [0.2, 0.25) is 5.91 Å². The smallest absolute Gasteiger partial charge is 0.236 e. The van der Waals surface area contributed by atoms with Gasteiger partial charge in [0, 0.05) is 19.3 Å². The van der Waals surface area contributed by atoms with Gasteiger partial charge in [-0.15, -0.1) is 0 Å². The molecule has 2 aliphatic rings. The molecule has 1 aliphatic heterocycles. The summed E-state index contributed by atoms with van der Waals surface area (Å²) >= 11 is 0. The average molecular weight is 262 g/mol. The molecule has 5 heteroatoms. The van der Waals surface area contributed by atoms with Gasteiger partial charge in [0.15, 0.2) is 0 Å². The van der Waals surface area contributed by atoms with Gasteiger partial charge in [0.05, 0.1) is 24.8 Å². The lowest BCUT2D eigenvalue weighted by Gasteiger charge is -2.26. The Hall–Kier alpha value is -1.36. The zero-order valence-corrected chi connectivity index (χ0v) is 11.3. The zero-order chi connectivity index (χ0) is 13.1. The highest BCUT2D eigenvalue weighted by atomic mass is 16.2. The third-order valence-electron chi connectivity index (χ3n) is 4.15. The molecule has 0 atom stereocenters. The minimum atomic E-state index is 0.179. The first-order valence-electron chi connectivity index (χ1n) is 7.35. The van der Waals surface area contributed by atoms with Gasteiger partial charge < -0.3 is 10.2 Å². The lowest BCUT2D eigenvalue weighted by molar-refractivity contribution is -0.132. The molecule has 104 valence electrons. The van der Waals surface area contributed by atoms with E-state index in [0.717, 1.165) is 18.8 Å². The highest BCUT2D eigenvalue weighted by Crippen LogP contribution is 2.27. The first-order valence-corrected chi connectivity index (χ1v) is 7.35. The zero-order valence-electron chi connectivity index (χ0n) is 11.3. The molecule has 1 saturated heterocycles. The number of hydrogen-bond donors (Lipinski definition) is 1. The molecule has 0 unspecified atom stereocenters. The maximum Gasteiger partial charge on any atom is 0.236 e. The summed E-state index contributed by atoms with van der Waals surface area (Å²) in [4.78, 5) is 13.6. The lowest BCUT2D eigenvalue weighted by Crippen LogP contribution is -2.47. The molecule has 0 radical (unpaired) electrons. The van der Waals surface area contributed by atoms with E-state index in [0.29, 0.717) is 19.1 Å². The van der Waals surface area contributed by atoms with Crippen molar-refractivity contribution >= 4 is 5.91 Å². The first-order chi connectivity index (χ1) is 9.33. The Morgan fingerprint density at radius 1 is 1.32 bits per heavy atom. The number of rotatable bonds is 3. The van der Waals surface area contributed by atoms with E-state index in [9.17, 15) is 4.79 Å². The standard InChI is InChI=1S/C14H22N4O/c19-14-10-15-7-9-17(14)11-12-6-8-18(16-12)13-4-2-1-3-5-13/h6,8,13,15H,1-5,7,9-11H2. The van der Waals surface area contributed by atoms with Crippen molar-refractivity contribution in [2.24, 2.45) is 0 Å². The average Bonchev–Trinajstić information content (AvgIpc) is 2.91. The van der Waals surface area contributed by atoms with Crippen LogP contribution >= 0.6 is 0 Å². The van der Waals surface area contributed by atoms with E-state index in [1.54, 1.807) is 0 Å². The third-order valence-corrected chi connectivity index (χ3v) is 4.15.